The molecule has 3 atom stereocenters. The van der Waals surface area contributed by atoms with Crippen LogP contribution >= 0.6 is 0 Å². The third-order valence-electron chi connectivity index (χ3n) is 5.03. The Kier molecular flexibility index (Phi) is 6.34. The van der Waals surface area contributed by atoms with Crippen LogP contribution in [0, 0.1) is 17.8 Å². The van der Waals surface area contributed by atoms with E-state index >= 15 is 0 Å². The van der Waals surface area contributed by atoms with Gasteiger partial charge in [0.2, 0.25) is 0 Å². The predicted octanol–water partition coefficient (Wildman–Crippen LogP) is 4.22. The zero-order chi connectivity index (χ0) is 13.6. The molecule has 0 radical (unpaired) electrons. The minimum Gasteiger partial charge on any atom is -0.377 e. The van der Waals surface area contributed by atoms with Crippen molar-refractivity contribution in [2.75, 3.05) is 7.11 Å². The quantitative estimate of drug-likeness (QED) is 0.502. The number of carbonyl (C=O) groups excluding carboxylic acids is 1. The lowest BCUT2D eigenvalue weighted by Gasteiger charge is -2.49. The fraction of sp³-hybridized carbons (Fsp3) is 0.938. The van der Waals surface area contributed by atoms with Gasteiger partial charge in [0.1, 0.15) is 6.29 Å². The molecule has 0 amide bonds. The van der Waals surface area contributed by atoms with Crippen LogP contribution in [0.4, 0.5) is 0 Å². The second kappa shape index (κ2) is 7.28. The van der Waals surface area contributed by atoms with Gasteiger partial charge in [-0.3, -0.25) is 0 Å². The zero-order valence-corrected chi connectivity index (χ0v) is 12.6. The van der Waals surface area contributed by atoms with Gasteiger partial charge in [-0.05, 0) is 31.1 Å². The van der Waals surface area contributed by atoms with Crippen LogP contribution in [0.1, 0.15) is 65.7 Å². The molecule has 0 aromatic rings. The number of unbranched alkanes of at least 4 members (excludes halogenated alkanes) is 2. The predicted molar refractivity (Wildman–Crippen MR) is 75.6 cm³/mol. The van der Waals surface area contributed by atoms with Gasteiger partial charge in [0, 0.05) is 13.0 Å². The summed E-state index contributed by atoms with van der Waals surface area (Å²) in [6.45, 7) is 6.72. The van der Waals surface area contributed by atoms with Gasteiger partial charge >= 0.3 is 0 Å². The van der Waals surface area contributed by atoms with Crippen LogP contribution in [0.2, 0.25) is 0 Å². The average molecular weight is 254 g/mol. The Morgan fingerprint density at radius 2 is 1.89 bits per heavy atom. The summed E-state index contributed by atoms with van der Waals surface area (Å²) in [6.07, 6.45) is 9.37. The van der Waals surface area contributed by atoms with Gasteiger partial charge in [-0.2, -0.15) is 0 Å². The van der Waals surface area contributed by atoms with E-state index in [0.29, 0.717) is 11.8 Å². The lowest BCUT2D eigenvalue weighted by atomic mass is 9.63. The third kappa shape index (κ3) is 2.96. The molecule has 1 aliphatic carbocycles. The maximum absolute atomic E-state index is 11.6. The molecule has 0 heterocycles. The Bertz CT molecular complexity index is 239. The van der Waals surface area contributed by atoms with Gasteiger partial charge in [-0.1, -0.05) is 46.5 Å². The standard InChI is InChI=1S/C16H30O2/c1-5-6-7-11-15(12-17)16(18-4)13(2)9-8-10-14(16)3/h12-15H,5-11H2,1-4H3. The highest BCUT2D eigenvalue weighted by Gasteiger charge is 2.49. The molecular weight excluding hydrogens is 224 g/mol. The topological polar surface area (TPSA) is 26.3 Å². The molecule has 1 fully saturated rings. The van der Waals surface area contributed by atoms with Gasteiger partial charge < -0.3 is 9.53 Å². The van der Waals surface area contributed by atoms with Crippen LogP contribution in [0.15, 0.2) is 0 Å². The van der Waals surface area contributed by atoms with E-state index in [0.717, 1.165) is 19.1 Å². The highest BCUT2D eigenvalue weighted by atomic mass is 16.5. The number of methoxy groups -OCH3 is 1. The maximum Gasteiger partial charge on any atom is 0.125 e. The summed E-state index contributed by atoms with van der Waals surface area (Å²) in [5.74, 6) is 1.05. The monoisotopic (exact) mass is 254 g/mol. The van der Waals surface area contributed by atoms with Crippen molar-refractivity contribution >= 4 is 6.29 Å². The highest BCUT2D eigenvalue weighted by Crippen LogP contribution is 2.46. The minimum atomic E-state index is -0.215. The molecule has 3 unspecified atom stereocenters. The van der Waals surface area contributed by atoms with E-state index < -0.39 is 0 Å². The molecule has 2 heteroatoms. The zero-order valence-electron chi connectivity index (χ0n) is 12.6. The third-order valence-corrected chi connectivity index (χ3v) is 5.03. The van der Waals surface area contributed by atoms with E-state index in [-0.39, 0.29) is 11.5 Å². The Balaban J connectivity index is 2.83. The van der Waals surface area contributed by atoms with Crippen molar-refractivity contribution in [3.63, 3.8) is 0 Å². The minimum absolute atomic E-state index is 0.0688. The van der Waals surface area contributed by atoms with Crippen molar-refractivity contribution in [3.8, 4) is 0 Å². The summed E-state index contributed by atoms with van der Waals surface area (Å²) >= 11 is 0. The second-order valence-corrected chi connectivity index (χ2v) is 6.03. The molecular formula is C16H30O2. The first kappa shape index (κ1) is 15.7. The lowest BCUT2D eigenvalue weighted by molar-refractivity contribution is -0.160. The molecule has 18 heavy (non-hydrogen) atoms. The fourth-order valence-corrected chi connectivity index (χ4v) is 3.97. The first-order valence-corrected chi connectivity index (χ1v) is 7.63. The molecule has 106 valence electrons. The lowest BCUT2D eigenvalue weighted by Crippen LogP contribution is -2.53. The van der Waals surface area contributed by atoms with Crippen molar-refractivity contribution in [1.29, 1.82) is 0 Å². The van der Waals surface area contributed by atoms with E-state index in [1.54, 1.807) is 7.11 Å². The number of aldehydes is 1. The molecule has 0 bridgehead atoms. The SMILES string of the molecule is CCCCCC(C=O)C1(OC)C(C)CCCC1C. The van der Waals surface area contributed by atoms with Crippen LogP contribution < -0.4 is 0 Å². The van der Waals surface area contributed by atoms with Crippen LogP contribution in [0.3, 0.4) is 0 Å². The Labute approximate surface area is 112 Å². The number of ether oxygens (including phenoxy) is 1. The molecule has 0 spiro atoms. The van der Waals surface area contributed by atoms with E-state index in [2.05, 4.69) is 20.8 Å². The fourth-order valence-electron chi connectivity index (χ4n) is 3.97. The number of carbonyl (C=O) groups is 1. The van der Waals surface area contributed by atoms with E-state index in [1.807, 2.05) is 0 Å². The van der Waals surface area contributed by atoms with E-state index in [4.69, 9.17) is 4.74 Å². The molecule has 0 aromatic carbocycles. The maximum atomic E-state index is 11.6. The van der Waals surface area contributed by atoms with Crippen molar-refractivity contribution in [2.45, 2.75) is 71.3 Å². The molecule has 1 rings (SSSR count). The average Bonchev–Trinajstić information content (AvgIpc) is 2.37. The second-order valence-electron chi connectivity index (χ2n) is 6.03. The molecule has 0 saturated heterocycles. The summed E-state index contributed by atoms with van der Waals surface area (Å²) in [5, 5.41) is 0. The van der Waals surface area contributed by atoms with Crippen molar-refractivity contribution < 1.29 is 9.53 Å². The highest BCUT2D eigenvalue weighted by molar-refractivity contribution is 5.56. The van der Waals surface area contributed by atoms with Gasteiger partial charge in [0.05, 0.1) is 5.60 Å². The van der Waals surface area contributed by atoms with E-state index in [1.165, 1.54) is 32.1 Å². The molecule has 2 nitrogen and oxygen atoms in total. The molecule has 1 saturated carbocycles. The number of hydrogen-bond acceptors (Lipinski definition) is 2. The van der Waals surface area contributed by atoms with E-state index in [9.17, 15) is 4.79 Å². The van der Waals surface area contributed by atoms with Crippen LogP contribution in [-0.2, 0) is 9.53 Å². The van der Waals surface area contributed by atoms with Gasteiger partial charge in [-0.25, -0.2) is 0 Å². The van der Waals surface area contributed by atoms with Crippen molar-refractivity contribution in [3.05, 3.63) is 0 Å². The first-order chi connectivity index (χ1) is 8.63. The van der Waals surface area contributed by atoms with Crippen molar-refractivity contribution in [1.82, 2.24) is 0 Å². The summed E-state index contributed by atoms with van der Waals surface area (Å²) in [5.41, 5.74) is -0.215. The molecule has 0 aliphatic heterocycles. The van der Waals surface area contributed by atoms with Crippen LogP contribution in [0.25, 0.3) is 0 Å². The summed E-state index contributed by atoms with van der Waals surface area (Å²) in [7, 11) is 1.80. The number of hydrogen-bond donors (Lipinski definition) is 0. The summed E-state index contributed by atoms with van der Waals surface area (Å²) in [4.78, 5) is 11.6. The van der Waals surface area contributed by atoms with Gasteiger partial charge in [0.15, 0.2) is 0 Å². The summed E-state index contributed by atoms with van der Waals surface area (Å²) < 4.78 is 5.96. The first-order valence-electron chi connectivity index (χ1n) is 7.63. The van der Waals surface area contributed by atoms with Gasteiger partial charge in [-0.15, -0.1) is 0 Å². The normalized spacial score (nSPS) is 34.2. The van der Waals surface area contributed by atoms with Crippen LogP contribution in [0.5, 0.6) is 0 Å². The molecule has 0 N–H and O–H groups in total. The van der Waals surface area contributed by atoms with Gasteiger partial charge in [0.25, 0.3) is 0 Å². The Hall–Kier alpha value is -0.370. The van der Waals surface area contributed by atoms with Crippen molar-refractivity contribution in [2.24, 2.45) is 17.8 Å². The smallest absolute Gasteiger partial charge is 0.125 e. The molecule has 0 aromatic heterocycles. The largest absolute Gasteiger partial charge is 0.377 e. The summed E-state index contributed by atoms with van der Waals surface area (Å²) in [6, 6.07) is 0. The number of rotatable bonds is 7. The van der Waals surface area contributed by atoms with Crippen LogP contribution in [-0.4, -0.2) is 19.0 Å². The Morgan fingerprint density at radius 1 is 1.28 bits per heavy atom. The molecule has 1 aliphatic rings. The Morgan fingerprint density at radius 3 is 2.33 bits per heavy atom.